The number of anilines is 1. The Hall–Kier alpha value is -1.40. The topological polar surface area (TPSA) is 81.4 Å². The Morgan fingerprint density at radius 3 is 2.56 bits per heavy atom. The summed E-state index contributed by atoms with van der Waals surface area (Å²) in [7, 11) is 1.31. The molecule has 1 heterocycles. The van der Waals surface area contributed by atoms with Crippen LogP contribution in [-0.4, -0.2) is 25.0 Å². The Kier molecular flexibility index (Phi) is 4.86. The highest BCUT2D eigenvalue weighted by molar-refractivity contribution is 7.12. The summed E-state index contributed by atoms with van der Waals surface area (Å²) >= 11 is 1.24. The van der Waals surface area contributed by atoms with Crippen LogP contribution in [0.5, 0.6) is 0 Å². The zero-order valence-corrected chi connectivity index (χ0v) is 11.8. The summed E-state index contributed by atoms with van der Waals surface area (Å²) in [4.78, 5) is 23.8. The molecule has 0 bridgehead atoms. The predicted octanol–water partition coefficient (Wildman–Crippen LogP) is 1.76. The first-order valence-electron chi connectivity index (χ1n) is 5.61. The van der Waals surface area contributed by atoms with Crippen LogP contribution in [-0.2, 0) is 9.53 Å². The molecule has 0 aliphatic carbocycles. The molecule has 0 spiro atoms. The van der Waals surface area contributed by atoms with Gasteiger partial charge in [0.1, 0.15) is 4.88 Å². The van der Waals surface area contributed by atoms with Gasteiger partial charge in [0.2, 0.25) is 5.91 Å². The number of carbonyl (C=O) groups excluding carboxylic acids is 2. The maximum absolute atomic E-state index is 11.9. The minimum absolute atomic E-state index is 0.0329. The molecule has 100 valence electrons. The fourth-order valence-corrected chi connectivity index (χ4v) is 2.27. The van der Waals surface area contributed by atoms with E-state index in [9.17, 15) is 9.59 Å². The number of thiophene rings is 1. The fraction of sp³-hybridized carbons (Fsp3) is 0.500. The number of aryl methyl sites for hydroxylation is 1. The molecule has 0 aliphatic rings. The maximum Gasteiger partial charge on any atom is 0.350 e. The van der Waals surface area contributed by atoms with E-state index in [-0.39, 0.29) is 11.8 Å². The number of nitrogens with one attached hydrogen (secondary N) is 1. The van der Waals surface area contributed by atoms with E-state index < -0.39 is 12.0 Å². The third-order valence-electron chi connectivity index (χ3n) is 2.61. The summed E-state index contributed by atoms with van der Waals surface area (Å²) in [6.07, 6.45) is 0. The Balaban J connectivity index is 2.94. The summed E-state index contributed by atoms with van der Waals surface area (Å²) in [6, 6.07) is -0.602. The van der Waals surface area contributed by atoms with E-state index in [0.717, 1.165) is 5.56 Å². The number of amides is 1. The average molecular weight is 270 g/mol. The molecule has 1 aromatic rings. The highest BCUT2D eigenvalue weighted by atomic mass is 32.1. The van der Waals surface area contributed by atoms with E-state index in [0.29, 0.717) is 10.6 Å². The largest absolute Gasteiger partial charge is 0.465 e. The van der Waals surface area contributed by atoms with Gasteiger partial charge in [-0.15, -0.1) is 11.3 Å². The van der Waals surface area contributed by atoms with Gasteiger partial charge < -0.3 is 15.8 Å². The zero-order chi connectivity index (χ0) is 13.9. The predicted molar refractivity (Wildman–Crippen MR) is 71.8 cm³/mol. The molecular weight excluding hydrogens is 252 g/mol. The monoisotopic (exact) mass is 270 g/mol. The number of ether oxygens (including phenoxy) is 1. The van der Waals surface area contributed by atoms with Gasteiger partial charge in [-0.05, 0) is 23.8 Å². The van der Waals surface area contributed by atoms with Gasteiger partial charge in [0, 0.05) is 0 Å². The van der Waals surface area contributed by atoms with Crippen molar-refractivity contribution in [3.8, 4) is 0 Å². The molecule has 1 atom stereocenters. The highest BCUT2D eigenvalue weighted by Gasteiger charge is 2.22. The van der Waals surface area contributed by atoms with Crippen molar-refractivity contribution in [3.63, 3.8) is 0 Å². The molecule has 3 N–H and O–H groups in total. The number of carbonyl (C=O) groups is 2. The average Bonchev–Trinajstić information content (AvgIpc) is 2.69. The summed E-state index contributed by atoms with van der Waals surface area (Å²) in [5, 5.41) is 4.50. The van der Waals surface area contributed by atoms with Gasteiger partial charge in [0.05, 0.1) is 18.8 Å². The van der Waals surface area contributed by atoms with Gasteiger partial charge in [-0.3, -0.25) is 4.79 Å². The van der Waals surface area contributed by atoms with E-state index in [1.165, 1.54) is 18.4 Å². The van der Waals surface area contributed by atoms with Crippen LogP contribution in [0.3, 0.4) is 0 Å². The van der Waals surface area contributed by atoms with Gasteiger partial charge >= 0.3 is 5.97 Å². The summed E-state index contributed by atoms with van der Waals surface area (Å²) in [5.74, 6) is -0.719. The van der Waals surface area contributed by atoms with Crippen molar-refractivity contribution in [1.82, 2.24) is 0 Å². The molecule has 0 aliphatic heterocycles. The lowest BCUT2D eigenvalue weighted by atomic mass is 10.0. The number of nitrogens with two attached hydrogens (primary N) is 1. The first kappa shape index (κ1) is 14.7. The summed E-state index contributed by atoms with van der Waals surface area (Å²) in [5.41, 5.74) is 7.08. The van der Waals surface area contributed by atoms with Gasteiger partial charge in [-0.25, -0.2) is 4.79 Å². The van der Waals surface area contributed by atoms with Crippen LogP contribution in [0.15, 0.2) is 5.38 Å². The summed E-state index contributed by atoms with van der Waals surface area (Å²) < 4.78 is 4.67. The highest BCUT2D eigenvalue weighted by Crippen LogP contribution is 2.28. The van der Waals surface area contributed by atoms with E-state index in [1.54, 1.807) is 5.38 Å². The van der Waals surface area contributed by atoms with Gasteiger partial charge in [0.25, 0.3) is 0 Å². The van der Waals surface area contributed by atoms with E-state index >= 15 is 0 Å². The number of methoxy groups -OCH3 is 1. The van der Waals surface area contributed by atoms with Crippen molar-refractivity contribution in [1.29, 1.82) is 0 Å². The molecule has 1 rings (SSSR count). The number of hydrogen-bond donors (Lipinski definition) is 2. The van der Waals surface area contributed by atoms with Crippen LogP contribution >= 0.6 is 11.3 Å². The molecule has 0 aromatic carbocycles. The molecule has 1 amide bonds. The first-order chi connectivity index (χ1) is 8.38. The Morgan fingerprint density at radius 2 is 2.06 bits per heavy atom. The molecular formula is C12H18N2O3S. The normalized spacial score (nSPS) is 12.3. The van der Waals surface area contributed by atoms with Crippen molar-refractivity contribution in [2.45, 2.75) is 26.8 Å². The Bertz CT molecular complexity index is 454. The van der Waals surface area contributed by atoms with Crippen molar-refractivity contribution in [2.24, 2.45) is 11.7 Å². The van der Waals surface area contributed by atoms with Crippen LogP contribution in [0.2, 0.25) is 0 Å². The molecule has 0 saturated heterocycles. The third-order valence-corrected chi connectivity index (χ3v) is 3.69. The van der Waals surface area contributed by atoms with E-state index in [2.05, 4.69) is 10.1 Å². The molecule has 5 nitrogen and oxygen atoms in total. The number of hydrogen-bond acceptors (Lipinski definition) is 5. The molecule has 6 heteroatoms. The van der Waals surface area contributed by atoms with Gasteiger partial charge in [0.15, 0.2) is 0 Å². The fourth-order valence-electron chi connectivity index (χ4n) is 1.35. The molecule has 0 radical (unpaired) electrons. The standard InChI is InChI=1S/C12H18N2O3S/c1-6(2)8(13)11(15)14-9-7(3)5-18-10(9)12(16)17-4/h5-6,8H,13H2,1-4H3,(H,14,15). The lowest BCUT2D eigenvalue weighted by Crippen LogP contribution is -2.40. The van der Waals surface area contributed by atoms with Crippen molar-refractivity contribution < 1.29 is 14.3 Å². The first-order valence-corrected chi connectivity index (χ1v) is 6.49. The van der Waals surface area contributed by atoms with Crippen LogP contribution in [0.25, 0.3) is 0 Å². The molecule has 1 unspecified atom stereocenters. The maximum atomic E-state index is 11.9. The van der Waals surface area contributed by atoms with Crippen LogP contribution in [0, 0.1) is 12.8 Å². The van der Waals surface area contributed by atoms with Gasteiger partial charge in [-0.2, -0.15) is 0 Å². The van der Waals surface area contributed by atoms with E-state index in [4.69, 9.17) is 5.73 Å². The number of rotatable bonds is 4. The Morgan fingerprint density at radius 1 is 1.44 bits per heavy atom. The van der Waals surface area contributed by atoms with Crippen LogP contribution in [0.1, 0.15) is 29.1 Å². The SMILES string of the molecule is COC(=O)c1scc(C)c1NC(=O)C(N)C(C)C. The molecule has 0 fully saturated rings. The number of esters is 1. The van der Waals surface area contributed by atoms with Crippen molar-refractivity contribution in [3.05, 3.63) is 15.8 Å². The van der Waals surface area contributed by atoms with Crippen LogP contribution in [0.4, 0.5) is 5.69 Å². The molecule has 18 heavy (non-hydrogen) atoms. The molecule has 1 aromatic heterocycles. The smallest absolute Gasteiger partial charge is 0.350 e. The minimum atomic E-state index is -0.602. The van der Waals surface area contributed by atoms with Crippen molar-refractivity contribution >= 4 is 28.9 Å². The second kappa shape index (κ2) is 5.97. The second-order valence-corrected chi connectivity index (χ2v) is 5.25. The quantitative estimate of drug-likeness (QED) is 0.817. The minimum Gasteiger partial charge on any atom is -0.465 e. The zero-order valence-electron chi connectivity index (χ0n) is 10.9. The van der Waals surface area contributed by atoms with Gasteiger partial charge in [-0.1, -0.05) is 13.8 Å². The van der Waals surface area contributed by atoms with Crippen LogP contribution < -0.4 is 11.1 Å². The van der Waals surface area contributed by atoms with E-state index in [1.807, 2.05) is 20.8 Å². The Labute approximate surface area is 110 Å². The lowest BCUT2D eigenvalue weighted by molar-refractivity contribution is -0.118. The molecule has 0 saturated carbocycles. The third kappa shape index (κ3) is 3.08. The lowest BCUT2D eigenvalue weighted by Gasteiger charge is -2.15. The summed E-state index contributed by atoms with van der Waals surface area (Å²) in [6.45, 7) is 5.55. The van der Waals surface area contributed by atoms with Crippen molar-refractivity contribution in [2.75, 3.05) is 12.4 Å². The second-order valence-electron chi connectivity index (χ2n) is 4.37.